The molecule has 1 N–H and O–H groups in total. The van der Waals surface area contributed by atoms with Crippen LogP contribution in [0.4, 0.5) is 0 Å². The Hall–Kier alpha value is -4.62. The van der Waals surface area contributed by atoms with Gasteiger partial charge in [-0.3, -0.25) is 0 Å². The summed E-state index contributed by atoms with van der Waals surface area (Å²) in [4.78, 5) is 29.8. The zero-order valence-corrected chi connectivity index (χ0v) is 27.9. The Balaban J connectivity index is 1.31. The van der Waals surface area contributed by atoms with Crippen molar-refractivity contribution in [3.05, 3.63) is 106 Å². The number of benzene rings is 4. The molecule has 0 spiro atoms. The van der Waals surface area contributed by atoms with E-state index in [-0.39, 0.29) is 12.2 Å². The van der Waals surface area contributed by atoms with E-state index in [2.05, 4.69) is 4.57 Å². The maximum absolute atomic E-state index is 12.9. The number of carbonyl (C=O) groups excluding carboxylic acids is 1. The minimum Gasteiger partial charge on any atom is -0.489 e. The molecule has 6 rings (SSSR count). The quantitative estimate of drug-likeness (QED) is 0.168. The highest BCUT2D eigenvalue weighted by molar-refractivity contribution is 6.30. The number of halogens is 1. The lowest BCUT2D eigenvalue weighted by Gasteiger charge is -2.25. The van der Waals surface area contributed by atoms with Gasteiger partial charge in [-0.2, -0.15) is 0 Å². The molecular weight excluding hydrogens is 612 g/mol. The number of carbonyl (C=O) groups is 2. The van der Waals surface area contributed by atoms with Gasteiger partial charge in [0, 0.05) is 16.6 Å². The predicted molar refractivity (Wildman–Crippen MR) is 185 cm³/mol. The van der Waals surface area contributed by atoms with E-state index >= 15 is 0 Å². The molecule has 1 aliphatic carbocycles. The Morgan fingerprint density at radius 1 is 0.915 bits per heavy atom. The van der Waals surface area contributed by atoms with Crippen LogP contribution < -0.4 is 4.74 Å². The van der Waals surface area contributed by atoms with Crippen molar-refractivity contribution in [3.63, 3.8) is 0 Å². The van der Waals surface area contributed by atoms with Crippen molar-refractivity contribution in [2.75, 3.05) is 0 Å². The molecule has 0 radical (unpaired) electrons. The second-order valence-electron chi connectivity index (χ2n) is 13.2. The lowest BCUT2D eigenvalue weighted by molar-refractivity contribution is 0.00691. The summed E-state index contributed by atoms with van der Waals surface area (Å²) in [6.07, 6.45) is 5.69. The van der Waals surface area contributed by atoms with Gasteiger partial charge in [-0.1, -0.05) is 49.1 Å². The molecule has 242 valence electrons. The summed E-state index contributed by atoms with van der Waals surface area (Å²) in [6.45, 7) is 7.60. The van der Waals surface area contributed by atoms with Gasteiger partial charge in [0.15, 0.2) is 0 Å². The lowest BCUT2D eigenvalue weighted by Crippen LogP contribution is -2.24. The van der Waals surface area contributed by atoms with Crippen molar-refractivity contribution in [1.82, 2.24) is 9.55 Å². The number of rotatable bonds is 8. The second-order valence-corrected chi connectivity index (χ2v) is 13.6. The van der Waals surface area contributed by atoms with Gasteiger partial charge < -0.3 is 19.1 Å². The summed E-state index contributed by atoms with van der Waals surface area (Å²) in [5.74, 6) is 0.162. The largest absolute Gasteiger partial charge is 0.489 e. The monoisotopic (exact) mass is 650 g/mol. The van der Waals surface area contributed by atoms with Crippen molar-refractivity contribution < 1.29 is 24.2 Å². The molecular formula is C39H39ClN2O5. The van der Waals surface area contributed by atoms with Crippen molar-refractivity contribution in [3.8, 4) is 28.3 Å². The first-order valence-electron chi connectivity index (χ1n) is 16.1. The molecule has 5 aromatic rings. The molecule has 0 amide bonds. The van der Waals surface area contributed by atoms with E-state index in [9.17, 15) is 14.7 Å². The van der Waals surface area contributed by atoms with Crippen LogP contribution in [0.25, 0.3) is 33.5 Å². The van der Waals surface area contributed by atoms with Crippen LogP contribution in [0, 0.1) is 6.92 Å². The number of aryl methyl sites for hydroxylation is 1. The normalized spacial score (nSPS) is 13.9. The molecule has 1 saturated carbocycles. The second kappa shape index (κ2) is 13.2. The Morgan fingerprint density at radius 3 is 2.26 bits per heavy atom. The lowest BCUT2D eigenvalue weighted by atomic mass is 9.94. The molecule has 0 bridgehead atoms. The summed E-state index contributed by atoms with van der Waals surface area (Å²) in [6, 6.07) is 24.8. The minimum absolute atomic E-state index is 0.228. The van der Waals surface area contributed by atoms with Gasteiger partial charge in [-0.15, -0.1) is 0 Å². The highest BCUT2D eigenvalue weighted by Gasteiger charge is 2.25. The van der Waals surface area contributed by atoms with Crippen LogP contribution in [0.1, 0.15) is 90.8 Å². The fourth-order valence-corrected chi connectivity index (χ4v) is 6.51. The standard InChI is InChI=1S/C39H39ClN2O5/c1-24-32(37(43)44)20-21-34-35(24)41-36(42(34)30-8-6-5-7-9-30)26-12-17-31(18-13-26)46-23-28-22-27(38(45)47-39(2,3)4)14-19-33(28)25-10-15-29(40)16-11-25/h10-22,30H,5-9,23H2,1-4H3,(H,43,44). The maximum atomic E-state index is 12.9. The van der Waals surface area contributed by atoms with Gasteiger partial charge >= 0.3 is 11.9 Å². The number of imidazole rings is 1. The highest BCUT2D eigenvalue weighted by Crippen LogP contribution is 2.38. The molecule has 1 fully saturated rings. The maximum Gasteiger partial charge on any atom is 0.338 e. The van der Waals surface area contributed by atoms with E-state index in [1.807, 2.05) is 94.4 Å². The van der Waals surface area contributed by atoms with E-state index < -0.39 is 17.5 Å². The Bertz CT molecular complexity index is 1930. The van der Waals surface area contributed by atoms with Gasteiger partial charge in [-0.25, -0.2) is 14.6 Å². The van der Waals surface area contributed by atoms with E-state index in [1.165, 1.54) is 6.42 Å². The fraction of sp³-hybridized carbons (Fsp3) is 0.308. The van der Waals surface area contributed by atoms with Crippen molar-refractivity contribution in [2.24, 2.45) is 0 Å². The van der Waals surface area contributed by atoms with Crippen LogP contribution in [0.2, 0.25) is 5.02 Å². The zero-order valence-electron chi connectivity index (χ0n) is 27.2. The zero-order chi connectivity index (χ0) is 33.3. The number of nitrogens with zero attached hydrogens (tertiary/aromatic N) is 2. The van der Waals surface area contributed by atoms with Crippen molar-refractivity contribution >= 4 is 34.6 Å². The van der Waals surface area contributed by atoms with Crippen molar-refractivity contribution in [2.45, 2.75) is 78.0 Å². The Kier molecular flexibility index (Phi) is 9.11. The van der Waals surface area contributed by atoms with Gasteiger partial charge in [0.1, 0.15) is 23.8 Å². The van der Waals surface area contributed by atoms with Gasteiger partial charge in [0.25, 0.3) is 0 Å². The van der Waals surface area contributed by atoms with E-state index in [4.69, 9.17) is 26.1 Å². The summed E-state index contributed by atoms with van der Waals surface area (Å²) < 4.78 is 14.2. The number of hydrogen-bond acceptors (Lipinski definition) is 5. The Morgan fingerprint density at radius 2 is 1.60 bits per heavy atom. The molecule has 7 nitrogen and oxygen atoms in total. The molecule has 0 aliphatic heterocycles. The third-order valence-electron chi connectivity index (χ3n) is 8.69. The number of carboxylic acid groups (broad SMARTS) is 1. The van der Waals surface area contributed by atoms with Gasteiger partial charge in [-0.05, 0) is 123 Å². The molecule has 47 heavy (non-hydrogen) atoms. The molecule has 0 saturated heterocycles. The first-order chi connectivity index (χ1) is 22.5. The third-order valence-corrected chi connectivity index (χ3v) is 8.94. The Labute approximate surface area is 280 Å². The first-order valence-corrected chi connectivity index (χ1v) is 16.5. The number of fused-ring (bicyclic) bond motifs is 1. The minimum atomic E-state index is -0.949. The molecule has 1 aromatic heterocycles. The first kappa shape index (κ1) is 32.3. The smallest absolute Gasteiger partial charge is 0.338 e. The van der Waals surface area contributed by atoms with Crippen LogP contribution in [-0.4, -0.2) is 32.2 Å². The third kappa shape index (κ3) is 7.05. The van der Waals surface area contributed by atoms with E-state index in [0.717, 1.165) is 64.8 Å². The average molecular weight is 651 g/mol. The molecule has 1 aliphatic rings. The van der Waals surface area contributed by atoms with Crippen LogP contribution in [0.3, 0.4) is 0 Å². The van der Waals surface area contributed by atoms with Gasteiger partial charge in [0.2, 0.25) is 0 Å². The highest BCUT2D eigenvalue weighted by atomic mass is 35.5. The SMILES string of the molecule is Cc1c(C(=O)O)ccc2c1nc(-c1ccc(OCc3cc(C(=O)OC(C)(C)C)ccc3-c3ccc(Cl)cc3)cc1)n2C1CCCCC1. The van der Waals surface area contributed by atoms with E-state index in [1.54, 1.807) is 12.1 Å². The fourth-order valence-electron chi connectivity index (χ4n) is 6.39. The summed E-state index contributed by atoms with van der Waals surface area (Å²) in [5, 5.41) is 10.4. The molecule has 0 unspecified atom stereocenters. The predicted octanol–water partition coefficient (Wildman–Crippen LogP) is 10.1. The molecule has 0 atom stereocenters. The summed E-state index contributed by atoms with van der Waals surface area (Å²) in [5.41, 5.74) is 6.15. The summed E-state index contributed by atoms with van der Waals surface area (Å²) in [7, 11) is 0. The molecule has 8 heteroatoms. The van der Waals surface area contributed by atoms with Crippen LogP contribution >= 0.6 is 11.6 Å². The average Bonchev–Trinajstić information content (AvgIpc) is 3.44. The molecule has 4 aromatic carbocycles. The van der Waals surface area contributed by atoms with E-state index in [0.29, 0.717) is 27.9 Å². The summed E-state index contributed by atoms with van der Waals surface area (Å²) >= 11 is 6.15. The number of hydrogen-bond donors (Lipinski definition) is 1. The number of aromatic carboxylic acids is 1. The van der Waals surface area contributed by atoms with Crippen LogP contribution in [0.15, 0.2) is 78.9 Å². The van der Waals surface area contributed by atoms with Crippen LogP contribution in [0.5, 0.6) is 5.75 Å². The van der Waals surface area contributed by atoms with Crippen molar-refractivity contribution in [1.29, 1.82) is 0 Å². The number of carboxylic acids is 1. The van der Waals surface area contributed by atoms with Gasteiger partial charge in [0.05, 0.1) is 22.2 Å². The number of esters is 1. The van der Waals surface area contributed by atoms with Crippen LogP contribution in [-0.2, 0) is 11.3 Å². The topological polar surface area (TPSA) is 90.7 Å². The number of aromatic nitrogens is 2. The molecule has 1 heterocycles. The number of ether oxygens (including phenoxy) is 2.